The van der Waals surface area contributed by atoms with Crippen molar-refractivity contribution >= 4 is 21.6 Å². The van der Waals surface area contributed by atoms with Crippen LogP contribution < -0.4 is 10.1 Å². The summed E-state index contributed by atoms with van der Waals surface area (Å²) in [6.45, 7) is 6.98. The van der Waals surface area contributed by atoms with Crippen LogP contribution in [0.4, 0.5) is 5.69 Å². The molecule has 156 valence electrons. The summed E-state index contributed by atoms with van der Waals surface area (Å²) in [5, 5.41) is 2.86. The number of carbonyl (C=O) groups is 1. The van der Waals surface area contributed by atoms with Crippen molar-refractivity contribution in [2.24, 2.45) is 5.92 Å². The molecule has 0 saturated carbocycles. The molecule has 29 heavy (non-hydrogen) atoms. The second kappa shape index (κ2) is 8.97. The minimum Gasteiger partial charge on any atom is -0.484 e. The third-order valence-electron chi connectivity index (χ3n) is 5.32. The highest BCUT2D eigenvalue weighted by Gasteiger charge is 2.27. The molecule has 2 aromatic carbocycles. The van der Waals surface area contributed by atoms with Crippen LogP contribution in [0, 0.1) is 19.8 Å². The summed E-state index contributed by atoms with van der Waals surface area (Å²) in [6, 6.07) is 12.1. The molecule has 1 fully saturated rings. The van der Waals surface area contributed by atoms with Crippen LogP contribution in [0.2, 0.25) is 0 Å². The first-order valence-electron chi connectivity index (χ1n) is 9.86. The lowest BCUT2D eigenvalue weighted by Crippen LogP contribution is -2.37. The van der Waals surface area contributed by atoms with E-state index < -0.39 is 10.0 Å². The highest BCUT2D eigenvalue weighted by molar-refractivity contribution is 7.89. The van der Waals surface area contributed by atoms with Gasteiger partial charge in [-0.3, -0.25) is 4.79 Å². The van der Waals surface area contributed by atoms with Gasteiger partial charge in [0.05, 0.1) is 4.90 Å². The molecule has 1 aliphatic heterocycles. The van der Waals surface area contributed by atoms with Crippen LogP contribution >= 0.6 is 0 Å². The Labute approximate surface area is 172 Å². The van der Waals surface area contributed by atoms with E-state index >= 15 is 0 Å². The van der Waals surface area contributed by atoms with Crippen LogP contribution in [0.3, 0.4) is 0 Å². The largest absolute Gasteiger partial charge is 0.484 e. The molecule has 0 aliphatic carbocycles. The minimum absolute atomic E-state index is 0.149. The number of hydrogen-bond acceptors (Lipinski definition) is 4. The van der Waals surface area contributed by atoms with Gasteiger partial charge in [0.1, 0.15) is 5.75 Å². The topological polar surface area (TPSA) is 75.7 Å². The fourth-order valence-electron chi connectivity index (χ4n) is 3.42. The van der Waals surface area contributed by atoms with E-state index in [2.05, 4.69) is 12.2 Å². The Hall–Kier alpha value is -2.38. The molecule has 1 heterocycles. The van der Waals surface area contributed by atoms with E-state index in [4.69, 9.17) is 4.74 Å². The summed E-state index contributed by atoms with van der Waals surface area (Å²) in [5.74, 6) is 0.751. The molecule has 0 unspecified atom stereocenters. The fourth-order valence-corrected chi connectivity index (χ4v) is 4.89. The van der Waals surface area contributed by atoms with E-state index in [1.165, 1.54) is 12.1 Å². The van der Waals surface area contributed by atoms with E-state index in [1.807, 2.05) is 32.0 Å². The maximum atomic E-state index is 12.8. The number of amides is 1. The third kappa shape index (κ3) is 5.16. The number of aryl methyl sites for hydroxylation is 2. The summed E-state index contributed by atoms with van der Waals surface area (Å²) >= 11 is 0. The maximum absolute atomic E-state index is 12.8. The first kappa shape index (κ1) is 21.3. The number of anilines is 1. The Kier molecular flexibility index (Phi) is 6.59. The lowest BCUT2D eigenvalue weighted by molar-refractivity contribution is -0.118. The molecular weight excluding hydrogens is 388 g/mol. The van der Waals surface area contributed by atoms with Crippen molar-refractivity contribution in [2.45, 2.75) is 38.5 Å². The maximum Gasteiger partial charge on any atom is 0.262 e. The highest BCUT2D eigenvalue weighted by Crippen LogP contribution is 2.25. The van der Waals surface area contributed by atoms with Crippen molar-refractivity contribution in [3.8, 4) is 5.75 Å². The molecule has 1 amide bonds. The van der Waals surface area contributed by atoms with Gasteiger partial charge in [-0.15, -0.1) is 0 Å². The van der Waals surface area contributed by atoms with Gasteiger partial charge in [-0.05, 0) is 68.0 Å². The van der Waals surface area contributed by atoms with E-state index in [1.54, 1.807) is 16.4 Å². The first-order valence-corrected chi connectivity index (χ1v) is 11.3. The molecule has 1 aliphatic rings. The molecule has 0 spiro atoms. The van der Waals surface area contributed by atoms with Crippen molar-refractivity contribution in [1.82, 2.24) is 4.31 Å². The third-order valence-corrected chi connectivity index (χ3v) is 7.23. The number of carbonyl (C=O) groups excluding carboxylic acids is 1. The quantitative estimate of drug-likeness (QED) is 0.778. The van der Waals surface area contributed by atoms with Gasteiger partial charge in [0, 0.05) is 18.8 Å². The highest BCUT2D eigenvalue weighted by atomic mass is 32.2. The van der Waals surface area contributed by atoms with Crippen molar-refractivity contribution < 1.29 is 17.9 Å². The summed E-state index contributed by atoms with van der Waals surface area (Å²) in [5.41, 5.74) is 2.76. The Bertz CT molecular complexity index is 943. The normalized spacial score (nSPS) is 15.8. The van der Waals surface area contributed by atoms with Crippen molar-refractivity contribution in [1.29, 1.82) is 0 Å². The lowest BCUT2D eigenvalue weighted by atomic mass is 10.0. The summed E-state index contributed by atoms with van der Waals surface area (Å²) in [6.07, 6.45) is 1.77. The summed E-state index contributed by atoms with van der Waals surface area (Å²) in [4.78, 5) is 12.5. The number of nitrogens with zero attached hydrogens (tertiary/aromatic N) is 1. The van der Waals surface area contributed by atoms with Gasteiger partial charge in [-0.2, -0.15) is 4.31 Å². The van der Waals surface area contributed by atoms with E-state index in [0.29, 0.717) is 24.8 Å². The number of rotatable bonds is 6. The van der Waals surface area contributed by atoms with E-state index in [0.717, 1.165) is 29.7 Å². The molecule has 7 heteroatoms. The van der Waals surface area contributed by atoms with Crippen molar-refractivity contribution in [2.75, 3.05) is 25.0 Å². The Morgan fingerprint density at radius 1 is 1.07 bits per heavy atom. The zero-order valence-electron chi connectivity index (χ0n) is 17.1. The SMILES string of the molecule is Cc1cccc(C)c1NC(=O)COc1ccc(S(=O)(=O)N2CCC(C)CC2)cc1. The summed E-state index contributed by atoms with van der Waals surface area (Å²) < 4.78 is 32.6. The Balaban J connectivity index is 1.58. The van der Waals surface area contributed by atoms with Crippen LogP contribution in [0.1, 0.15) is 30.9 Å². The molecule has 0 bridgehead atoms. The molecular formula is C22H28N2O4S. The molecule has 3 rings (SSSR count). The van der Waals surface area contributed by atoms with E-state index in [-0.39, 0.29) is 17.4 Å². The van der Waals surface area contributed by atoms with Crippen LogP contribution in [0.15, 0.2) is 47.4 Å². The smallest absolute Gasteiger partial charge is 0.262 e. The minimum atomic E-state index is -3.49. The van der Waals surface area contributed by atoms with Gasteiger partial charge < -0.3 is 10.1 Å². The number of sulfonamides is 1. The average molecular weight is 417 g/mol. The zero-order valence-corrected chi connectivity index (χ0v) is 18.0. The number of benzene rings is 2. The van der Waals surface area contributed by atoms with Gasteiger partial charge in [-0.1, -0.05) is 25.1 Å². The number of ether oxygens (including phenoxy) is 1. The molecule has 1 N–H and O–H groups in total. The van der Waals surface area contributed by atoms with Crippen LogP contribution in [0.25, 0.3) is 0 Å². The van der Waals surface area contributed by atoms with Crippen molar-refractivity contribution in [3.05, 3.63) is 53.6 Å². The van der Waals surface area contributed by atoms with Gasteiger partial charge >= 0.3 is 0 Å². The van der Waals surface area contributed by atoms with Gasteiger partial charge in [0.15, 0.2) is 6.61 Å². The predicted octanol–water partition coefficient (Wildman–Crippen LogP) is 3.74. The van der Waals surface area contributed by atoms with E-state index in [9.17, 15) is 13.2 Å². The summed E-state index contributed by atoms with van der Waals surface area (Å²) in [7, 11) is -3.49. The predicted molar refractivity (Wildman–Crippen MR) is 114 cm³/mol. The fraction of sp³-hybridized carbons (Fsp3) is 0.409. The second-order valence-corrected chi connectivity index (χ2v) is 9.60. The molecule has 6 nitrogen and oxygen atoms in total. The number of nitrogens with one attached hydrogen (secondary N) is 1. The van der Waals surface area contributed by atoms with Crippen LogP contribution in [0.5, 0.6) is 5.75 Å². The number of piperidine rings is 1. The van der Waals surface area contributed by atoms with Gasteiger partial charge in [-0.25, -0.2) is 8.42 Å². The number of hydrogen-bond donors (Lipinski definition) is 1. The lowest BCUT2D eigenvalue weighted by Gasteiger charge is -2.29. The first-order chi connectivity index (χ1) is 13.8. The monoisotopic (exact) mass is 416 g/mol. The second-order valence-electron chi connectivity index (χ2n) is 7.66. The Morgan fingerprint density at radius 3 is 2.24 bits per heavy atom. The van der Waals surface area contributed by atoms with Crippen molar-refractivity contribution in [3.63, 3.8) is 0 Å². The Morgan fingerprint density at radius 2 is 1.66 bits per heavy atom. The van der Waals surface area contributed by atoms with Crippen LogP contribution in [-0.2, 0) is 14.8 Å². The molecule has 2 aromatic rings. The standard InChI is InChI=1S/C22H28N2O4S/c1-16-11-13-24(14-12-16)29(26,27)20-9-7-19(8-10-20)28-15-21(25)23-22-17(2)5-4-6-18(22)3/h4-10,16H,11-15H2,1-3H3,(H,23,25). The van der Waals surface area contributed by atoms with Crippen LogP contribution in [-0.4, -0.2) is 38.3 Å². The molecule has 0 aromatic heterocycles. The average Bonchev–Trinajstić information content (AvgIpc) is 2.70. The molecule has 1 saturated heterocycles. The molecule has 0 radical (unpaired) electrons. The van der Waals surface area contributed by atoms with Gasteiger partial charge in [0.2, 0.25) is 10.0 Å². The zero-order chi connectivity index (χ0) is 21.0. The number of para-hydroxylation sites is 1. The molecule has 0 atom stereocenters. The van der Waals surface area contributed by atoms with Gasteiger partial charge in [0.25, 0.3) is 5.91 Å².